The topological polar surface area (TPSA) is 83.1 Å². The predicted molar refractivity (Wildman–Crippen MR) is 153 cm³/mol. The van der Waals surface area contributed by atoms with Crippen LogP contribution in [0.1, 0.15) is 51.2 Å². The van der Waals surface area contributed by atoms with E-state index in [1.54, 1.807) is 23.7 Å². The smallest absolute Gasteiger partial charge is 0.115 e. The van der Waals surface area contributed by atoms with Crippen LogP contribution in [0.2, 0.25) is 0 Å². The van der Waals surface area contributed by atoms with Crippen LogP contribution >= 0.6 is 11.3 Å². The molecule has 37 heavy (non-hydrogen) atoms. The van der Waals surface area contributed by atoms with Crippen LogP contribution in [-0.4, -0.2) is 29.9 Å². The van der Waals surface area contributed by atoms with Gasteiger partial charge in [0.15, 0.2) is 0 Å². The van der Waals surface area contributed by atoms with Crippen LogP contribution in [0.4, 0.5) is 0 Å². The molecule has 0 aliphatic heterocycles. The zero-order valence-corrected chi connectivity index (χ0v) is 21.9. The number of hydrogen-bond acceptors (Lipinski definition) is 5. The molecule has 7 rings (SSSR count). The van der Waals surface area contributed by atoms with Gasteiger partial charge in [-0.15, -0.1) is 11.3 Å². The maximum atomic E-state index is 4.95. The Morgan fingerprint density at radius 2 is 1.46 bits per heavy atom. The first-order valence-electron chi connectivity index (χ1n) is 12.6. The van der Waals surface area contributed by atoms with E-state index in [0.29, 0.717) is 11.8 Å². The third-order valence-electron chi connectivity index (χ3n) is 7.00. The first kappa shape index (κ1) is 22.1. The van der Waals surface area contributed by atoms with Crippen molar-refractivity contribution in [3.63, 3.8) is 0 Å². The summed E-state index contributed by atoms with van der Waals surface area (Å²) in [7, 11) is 0. The predicted octanol–water partition coefficient (Wildman–Crippen LogP) is 8.18. The van der Waals surface area contributed by atoms with Gasteiger partial charge >= 0.3 is 0 Å². The van der Waals surface area contributed by atoms with Crippen LogP contribution in [0, 0.1) is 0 Å². The molecule has 7 heteroatoms. The van der Waals surface area contributed by atoms with Gasteiger partial charge in [-0.25, -0.2) is 9.97 Å². The van der Waals surface area contributed by atoms with E-state index in [4.69, 9.17) is 9.97 Å². The highest BCUT2D eigenvalue weighted by atomic mass is 32.1. The molecule has 0 fully saturated rings. The second kappa shape index (κ2) is 8.21. The van der Waals surface area contributed by atoms with Crippen LogP contribution in [-0.2, 0) is 0 Å². The molecule has 0 spiro atoms. The summed E-state index contributed by atoms with van der Waals surface area (Å²) in [5.41, 5.74) is 7.07. The SMILES string of the molecule is CC(C)c1ncc(-c2cc3ccc(-c4ccc5c(c4)c4nccnc4c4[nH]c(C(C)C)nc54)cc3s2)[nH]1. The Bertz CT molecular complexity index is 1960. The molecule has 0 radical (unpaired) electrons. The van der Waals surface area contributed by atoms with E-state index in [1.807, 2.05) is 6.20 Å². The average molecular weight is 503 g/mol. The molecule has 0 aliphatic carbocycles. The fourth-order valence-electron chi connectivity index (χ4n) is 4.97. The van der Waals surface area contributed by atoms with Gasteiger partial charge in [-0.05, 0) is 34.7 Å². The van der Waals surface area contributed by atoms with Gasteiger partial charge in [0.25, 0.3) is 0 Å². The third-order valence-corrected chi connectivity index (χ3v) is 8.13. The van der Waals surface area contributed by atoms with Crippen LogP contribution in [0.25, 0.3) is 64.6 Å². The molecule has 4 heterocycles. The second-order valence-corrected chi connectivity index (χ2v) is 11.3. The Labute approximate surface area is 217 Å². The van der Waals surface area contributed by atoms with Crippen molar-refractivity contribution >= 4 is 54.3 Å². The number of rotatable bonds is 4. The molecule has 0 saturated heterocycles. The molecule has 4 aromatic heterocycles. The van der Waals surface area contributed by atoms with Crippen molar-refractivity contribution in [1.29, 1.82) is 0 Å². The molecule has 2 N–H and O–H groups in total. The number of H-pyrrole nitrogens is 2. The summed E-state index contributed by atoms with van der Waals surface area (Å²) in [4.78, 5) is 27.1. The van der Waals surface area contributed by atoms with E-state index in [0.717, 1.165) is 55.7 Å². The summed E-state index contributed by atoms with van der Waals surface area (Å²) in [5.74, 6) is 2.67. The van der Waals surface area contributed by atoms with Crippen molar-refractivity contribution in [2.45, 2.75) is 39.5 Å². The molecule has 0 amide bonds. The minimum absolute atomic E-state index is 0.301. The van der Waals surface area contributed by atoms with Gasteiger partial charge < -0.3 is 9.97 Å². The number of aromatic amines is 2. The standard InChI is InChI=1S/C30H26N6S/c1-15(2)29-33-14-22(34-29)24-13-19-6-5-18(12-23(19)37-24)17-7-8-20-21(11-17)25-27(32-10-9-31-25)28-26(20)35-30(36-28)16(3)4/h5-16H,1-4H3,(H,33,34)(H,35,36). The van der Waals surface area contributed by atoms with Crippen LogP contribution in [0.3, 0.4) is 0 Å². The first-order chi connectivity index (χ1) is 18.0. The lowest BCUT2D eigenvalue weighted by molar-refractivity contribution is 0.795. The van der Waals surface area contributed by atoms with E-state index in [1.165, 1.54) is 20.5 Å². The zero-order chi connectivity index (χ0) is 25.3. The number of thiophene rings is 1. The van der Waals surface area contributed by atoms with E-state index >= 15 is 0 Å². The average Bonchev–Trinajstić information content (AvgIpc) is 3.66. The normalized spacial score (nSPS) is 12.3. The molecule has 3 aromatic carbocycles. The lowest BCUT2D eigenvalue weighted by Crippen LogP contribution is -1.89. The molecular formula is C30H26N6S. The minimum atomic E-state index is 0.301. The van der Waals surface area contributed by atoms with Gasteiger partial charge in [0.1, 0.15) is 17.2 Å². The maximum Gasteiger partial charge on any atom is 0.115 e. The second-order valence-electron chi connectivity index (χ2n) is 10.2. The highest BCUT2D eigenvalue weighted by molar-refractivity contribution is 7.22. The fraction of sp³-hybridized carbons (Fsp3) is 0.200. The molecule has 7 aromatic rings. The summed E-state index contributed by atoms with van der Waals surface area (Å²) in [6.45, 7) is 8.60. The Morgan fingerprint density at radius 3 is 2.24 bits per heavy atom. The van der Waals surface area contributed by atoms with Crippen molar-refractivity contribution < 1.29 is 0 Å². The van der Waals surface area contributed by atoms with Crippen LogP contribution in [0.5, 0.6) is 0 Å². The minimum Gasteiger partial charge on any atom is -0.341 e. The van der Waals surface area contributed by atoms with E-state index in [9.17, 15) is 0 Å². The largest absolute Gasteiger partial charge is 0.341 e. The molecular weight excluding hydrogens is 476 g/mol. The summed E-state index contributed by atoms with van der Waals surface area (Å²) in [5, 5.41) is 3.40. The molecule has 0 unspecified atom stereocenters. The number of fused-ring (bicyclic) bond motifs is 7. The van der Waals surface area contributed by atoms with Gasteiger partial charge in [0.05, 0.1) is 33.3 Å². The van der Waals surface area contributed by atoms with Gasteiger partial charge in [0.2, 0.25) is 0 Å². The first-order valence-corrected chi connectivity index (χ1v) is 13.4. The maximum absolute atomic E-state index is 4.95. The summed E-state index contributed by atoms with van der Waals surface area (Å²) < 4.78 is 1.25. The van der Waals surface area contributed by atoms with Crippen molar-refractivity contribution in [2.75, 3.05) is 0 Å². The quantitative estimate of drug-likeness (QED) is 0.238. The third kappa shape index (κ3) is 3.53. The summed E-state index contributed by atoms with van der Waals surface area (Å²) >= 11 is 1.79. The Balaban J connectivity index is 1.38. The van der Waals surface area contributed by atoms with E-state index in [2.05, 4.69) is 90.1 Å². The number of hydrogen-bond donors (Lipinski definition) is 2. The summed E-state index contributed by atoms with van der Waals surface area (Å²) in [6, 6.07) is 15.5. The monoisotopic (exact) mass is 502 g/mol. The van der Waals surface area contributed by atoms with Gasteiger partial charge in [-0.2, -0.15) is 0 Å². The molecule has 0 bridgehead atoms. The number of nitrogens with one attached hydrogen (secondary N) is 2. The van der Waals surface area contributed by atoms with Crippen molar-refractivity contribution in [1.82, 2.24) is 29.9 Å². The van der Waals surface area contributed by atoms with Crippen molar-refractivity contribution in [2.24, 2.45) is 0 Å². The van der Waals surface area contributed by atoms with Gasteiger partial charge in [-0.3, -0.25) is 9.97 Å². The number of benzene rings is 3. The Hall–Kier alpha value is -4.10. The zero-order valence-electron chi connectivity index (χ0n) is 21.1. The fourth-order valence-corrected chi connectivity index (χ4v) is 6.04. The molecule has 0 atom stereocenters. The molecule has 0 saturated carbocycles. The van der Waals surface area contributed by atoms with Gasteiger partial charge in [0, 0.05) is 39.7 Å². The Morgan fingerprint density at radius 1 is 0.703 bits per heavy atom. The molecule has 6 nitrogen and oxygen atoms in total. The van der Waals surface area contributed by atoms with E-state index < -0.39 is 0 Å². The van der Waals surface area contributed by atoms with Crippen LogP contribution < -0.4 is 0 Å². The van der Waals surface area contributed by atoms with Crippen molar-refractivity contribution in [3.8, 4) is 21.7 Å². The number of aromatic nitrogens is 6. The lowest BCUT2D eigenvalue weighted by atomic mass is 9.99. The summed E-state index contributed by atoms with van der Waals surface area (Å²) in [6.07, 6.45) is 5.45. The van der Waals surface area contributed by atoms with Gasteiger partial charge in [-0.1, -0.05) is 52.0 Å². The lowest BCUT2D eigenvalue weighted by Gasteiger charge is -2.08. The highest BCUT2D eigenvalue weighted by Crippen LogP contribution is 2.38. The molecule has 0 aliphatic rings. The number of nitrogens with zero attached hydrogens (tertiary/aromatic N) is 4. The highest BCUT2D eigenvalue weighted by Gasteiger charge is 2.17. The van der Waals surface area contributed by atoms with Crippen LogP contribution in [0.15, 0.2) is 61.1 Å². The molecule has 182 valence electrons. The number of imidazole rings is 2. The van der Waals surface area contributed by atoms with E-state index in [-0.39, 0.29) is 0 Å². The van der Waals surface area contributed by atoms with Crippen molar-refractivity contribution in [3.05, 3.63) is 72.7 Å². The Kier molecular flexibility index (Phi) is 4.91.